The largest absolute Gasteiger partial charge is 0.349 e. The first kappa shape index (κ1) is 21.7. The van der Waals surface area contributed by atoms with Gasteiger partial charge in [-0.3, -0.25) is 14.3 Å². The first-order chi connectivity index (χ1) is 17.1. The van der Waals surface area contributed by atoms with E-state index in [1.165, 1.54) is 6.07 Å². The summed E-state index contributed by atoms with van der Waals surface area (Å²) in [4.78, 5) is 24.9. The summed E-state index contributed by atoms with van der Waals surface area (Å²) in [5.74, 6) is -0.467. The van der Waals surface area contributed by atoms with Gasteiger partial charge in [-0.05, 0) is 56.7 Å². The number of rotatable bonds is 5. The number of carbonyl (C=O) groups excluding carboxylic acids is 1. The molecule has 0 bridgehead atoms. The van der Waals surface area contributed by atoms with E-state index in [4.69, 9.17) is 0 Å². The molecule has 2 saturated carbocycles. The van der Waals surface area contributed by atoms with Crippen molar-refractivity contribution in [2.75, 3.05) is 0 Å². The zero-order chi connectivity index (χ0) is 23.9. The fraction of sp³-hybridized carbons (Fsp3) is 0.333. The third-order valence-corrected chi connectivity index (χ3v) is 7.24. The highest BCUT2D eigenvalue weighted by Gasteiger charge is 2.27. The van der Waals surface area contributed by atoms with Gasteiger partial charge in [-0.15, -0.1) is 0 Å². The first-order valence-corrected chi connectivity index (χ1v) is 12.2. The number of carbonyl (C=O) groups is 1. The number of nitrogens with zero attached hydrogens (tertiary/aromatic N) is 3. The van der Waals surface area contributed by atoms with Crippen LogP contribution >= 0.6 is 0 Å². The maximum atomic E-state index is 14.8. The van der Waals surface area contributed by atoms with E-state index >= 15 is 0 Å². The average molecular weight is 472 g/mol. The molecule has 0 aliphatic heterocycles. The molecule has 0 radical (unpaired) electrons. The smallest absolute Gasteiger partial charge is 0.272 e. The molecule has 4 aromatic rings. The number of hydrogen-bond donors (Lipinski definition) is 2. The van der Waals surface area contributed by atoms with Crippen LogP contribution in [0.15, 0.2) is 59.7 Å². The van der Waals surface area contributed by atoms with Crippen molar-refractivity contribution in [2.45, 2.75) is 56.5 Å². The van der Waals surface area contributed by atoms with E-state index in [0.717, 1.165) is 55.2 Å². The van der Waals surface area contributed by atoms with Gasteiger partial charge in [0.1, 0.15) is 5.82 Å². The molecule has 1 amide bonds. The van der Waals surface area contributed by atoms with E-state index < -0.39 is 5.82 Å². The van der Waals surface area contributed by atoms with Gasteiger partial charge in [0.2, 0.25) is 0 Å². The fourth-order valence-corrected chi connectivity index (χ4v) is 5.13. The predicted molar refractivity (Wildman–Crippen MR) is 131 cm³/mol. The summed E-state index contributed by atoms with van der Waals surface area (Å²) in [6, 6.07) is 12.6. The summed E-state index contributed by atoms with van der Waals surface area (Å²) in [7, 11) is 0. The number of aromatic amines is 1. The van der Waals surface area contributed by atoms with E-state index in [-0.39, 0.29) is 23.4 Å². The van der Waals surface area contributed by atoms with Gasteiger partial charge in [0.25, 0.3) is 11.5 Å². The van der Waals surface area contributed by atoms with Crippen LogP contribution in [0.4, 0.5) is 4.39 Å². The highest BCUT2D eigenvalue weighted by atomic mass is 19.1. The van der Waals surface area contributed by atoms with Gasteiger partial charge in [0, 0.05) is 40.2 Å². The summed E-state index contributed by atoms with van der Waals surface area (Å²) < 4.78 is 16.7. The van der Waals surface area contributed by atoms with Crippen LogP contribution in [0.1, 0.15) is 66.5 Å². The Kier molecular flexibility index (Phi) is 5.43. The Bertz CT molecular complexity index is 1460. The Hall–Kier alpha value is -3.81. The van der Waals surface area contributed by atoms with Crippen molar-refractivity contribution in [2.24, 2.45) is 0 Å². The Morgan fingerprint density at radius 2 is 1.80 bits per heavy atom. The van der Waals surface area contributed by atoms with E-state index in [1.807, 2.05) is 35.1 Å². The number of benzene rings is 2. The van der Waals surface area contributed by atoms with Crippen LogP contribution in [0.3, 0.4) is 0 Å². The molecule has 2 aromatic carbocycles. The lowest BCUT2D eigenvalue weighted by molar-refractivity contribution is 0.0925. The van der Waals surface area contributed by atoms with Gasteiger partial charge in [-0.25, -0.2) is 9.49 Å². The molecule has 35 heavy (non-hydrogen) atoms. The molecule has 2 aliphatic carbocycles. The lowest BCUT2D eigenvalue weighted by Gasteiger charge is -2.29. The van der Waals surface area contributed by atoms with Crippen LogP contribution in [-0.4, -0.2) is 31.9 Å². The average Bonchev–Trinajstić information content (AvgIpc) is 3.62. The zero-order valence-corrected chi connectivity index (χ0v) is 19.2. The van der Waals surface area contributed by atoms with E-state index in [1.54, 1.807) is 18.3 Å². The molecule has 7 nitrogen and oxygen atoms in total. The van der Waals surface area contributed by atoms with E-state index in [2.05, 4.69) is 20.6 Å². The molecule has 0 saturated heterocycles. The van der Waals surface area contributed by atoms with Crippen molar-refractivity contribution in [3.63, 3.8) is 0 Å². The number of fused-ring (bicyclic) bond motifs is 1. The second-order valence-electron chi connectivity index (χ2n) is 9.64. The summed E-state index contributed by atoms with van der Waals surface area (Å²) in [5, 5.41) is 15.9. The molecule has 8 heteroatoms. The van der Waals surface area contributed by atoms with Crippen molar-refractivity contribution < 1.29 is 9.18 Å². The number of aromatic nitrogens is 4. The SMILES string of the molecule is O=C(N[C@H]1CC[C@H](c2n[nH]c(=O)c3ccccc32)CC1)c1ccc(-c2cnn(C3CC3)c2)c(F)c1. The molecule has 2 fully saturated rings. The summed E-state index contributed by atoms with van der Waals surface area (Å²) >= 11 is 0. The summed E-state index contributed by atoms with van der Waals surface area (Å²) in [6.07, 6.45) is 9.08. The van der Waals surface area contributed by atoms with Crippen LogP contribution in [0.25, 0.3) is 21.9 Å². The molecule has 0 spiro atoms. The van der Waals surface area contributed by atoms with Crippen molar-refractivity contribution in [3.8, 4) is 11.1 Å². The quantitative estimate of drug-likeness (QED) is 0.441. The summed E-state index contributed by atoms with van der Waals surface area (Å²) in [6.45, 7) is 0. The van der Waals surface area contributed by atoms with Crippen LogP contribution in [0.2, 0.25) is 0 Å². The monoisotopic (exact) mass is 471 g/mol. The fourth-order valence-electron chi connectivity index (χ4n) is 5.13. The second kappa shape index (κ2) is 8.76. The number of H-pyrrole nitrogens is 1. The maximum absolute atomic E-state index is 14.8. The third-order valence-electron chi connectivity index (χ3n) is 7.24. The van der Waals surface area contributed by atoms with E-state index in [0.29, 0.717) is 22.6 Å². The number of halogens is 1. The molecule has 2 aliphatic rings. The van der Waals surface area contributed by atoms with Crippen molar-refractivity contribution in [3.05, 3.63) is 82.3 Å². The van der Waals surface area contributed by atoms with Gasteiger partial charge < -0.3 is 5.32 Å². The standard InChI is InChI=1S/C27H26FN5O2/c28-24-13-17(7-12-21(24)18-14-29-33(15-18)20-10-11-20)26(34)30-19-8-5-16(6-9-19)25-22-3-1-2-4-23(22)27(35)32-31-25/h1-4,7,12-16,19-20H,5-6,8-11H2,(H,30,34)(H,32,35)/t16-,19-. The number of nitrogens with one attached hydrogen (secondary N) is 2. The van der Waals surface area contributed by atoms with Gasteiger partial charge in [-0.1, -0.05) is 24.3 Å². The van der Waals surface area contributed by atoms with Gasteiger partial charge in [0.15, 0.2) is 0 Å². The Balaban J connectivity index is 1.11. The molecule has 0 unspecified atom stereocenters. The van der Waals surface area contributed by atoms with Crippen LogP contribution in [0.5, 0.6) is 0 Å². The van der Waals surface area contributed by atoms with Gasteiger partial charge >= 0.3 is 0 Å². The minimum absolute atomic E-state index is 0.0206. The molecule has 178 valence electrons. The van der Waals surface area contributed by atoms with E-state index in [9.17, 15) is 14.0 Å². The highest BCUT2D eigenvalue weighted by Crippen LogP contribution is 2.36. The third kappa shape index (κ3) is 4.24. The maximum Gasteiger partial charge on any atom is 0.272 e. The van der Waals surface area contributed by atoms with Gasteiger partial charge in [0.05, 0.1) is 23.3 Å². The molecular formula is C27H26FN5O2. The normalized spacial score (nSPS) is 20.1. The Morgan fingerprint density at radius 1 is 1.03 bits per heavy atom. The Labute approximate surface area is 201 Å². The van der Waals surface area contributed by atoms with Gasteiger partial charge in [-0.2, -0.15) is 10.2 Å². The lowest BCUT2D eigenvalue weighted by atomic mass is 9.82. The number of hydrogen-bond acceptors (Lipinski definition) is 4. The highest BCUT2D eigenvalue weighted by molar-refractivity contribution is 5.95. The molecule has 2 heterocycles. The zero-order valence-electron chi connectivity index (χ0n) is 19.2. The second-order valence-corrected chi connectivity index (χ2v) is 9.64. The molecule has 6 rings (SSSR count). The number of amides is 1. The molecule has 0 atom stereocenters. The van der Waals surface area contributed by atoms with Crippen LogP contribution < -0.4 is 10.9 Å². The molecule has 2 aromatic heterocycles. The molecule has 2 N–H and O–H groups in total. The van der Waals surface area contributed by atoms with Crippen LogP contribution in [0, 0.1) is 5.82 Å². The minimum Gasteiger partial charge on any atom is -0.349 e. The predicted octanol–water partition coefficient (Wildman–Crippen LogP) is 4.72. The topological polar surface area (TPSA) is 92.7 Å². The van der Waals surface area contributed by atoms with Crippen molar-refractivity contribution in [1.29, 1.82) is 0 Å². The summed E-state index contributed by atoms with van der Waals surface area (Å²) in [5.41, 5.74) is 2.22. The van der Waals surface area contributed by atoms with Crippen LogP contribution in [-0.2, 0) is 0 Å². The van der Waals surface area contributed by atoms with Crippen molar-refractivity contribution in [1.82, 2.24) is 25.3 Å². The first-order valence-electron chi connectivity index (χ1n) is 12.2. The Morgan fingerprint density at radius 3 is 2.54 bits per heavy atom. The molecular weight excluding hydrogens is 445 g/mol. The van der Waals surface area contributed by atoms with Crippen molar-refractivity contribution >= 4 is 16.7 Å². The minimum atomic E-state index is -0.423. The lowest BCUT2D eigenvalue weighted by Crippen LogP contribution is -2.37.